The van der Waals surface area contributed by atoms with Crippen LogP contribution in [0.15, 0.2) is 42.5 Å². The standard InChI is InChI=1S/C20H19NO2/c1-3-7-16-17(15-11-6-8-12(2)18(15)21-16)19-13-9-4-5-10-14(13)20(22)23-19/h4-6,8-11,19,21H,3,7H2,1-2H3. The molecule has 4 rings (SSSR count). The number of carbonyl (C=O) groups excluding carboxylic acids is 1. The van der Waals surface area contributed by atoms with Crippen molar-refractivity contribution in [3.63, 3.8) is 0 Å². The van der Waals surface area contributed by atoms with Gasteiger partial charge in [-0.15, -0.1) is 0 Å². The molecule has 2 heterocycles. The minimum atomic E-state index is -0.309. The van der Waals surface area contributed by atoms with E-state index in [2.05, 4.69) is 37.0 Å². The monoisotopic (exact) mass is 305 g/mol. The van der Waals surface area contributed by atoms with Crippen LogP contribution in [-0.4, -0.2) is 11.0 Å². The predicted molar refractivity (Wildman–Crippen MR) is 90.7 cm³/mol. The Morgan fingerprint density at radius 2 is 1.96 bits per heavy atom. The quantitative estimate of drug-likeness (QED) is 0.713. The molecule has 1 atom stereocenters. The number of aryl methyl sites for hydroxylation is 2. The molecule has 1 N–H and O–H groups in total. The Morgan fingerprint density at radius 1 is 1.13 bits per heavy atom. The molecule has 0 fully saturated rings. The van der Waals surface area contributed by atoms with Crippen molar-refractivity contribution in [3.05, 3.63) is 70.4 Å². The highest BCUT2D eigenvalue weighted by molar-refractivity contribution is 5.96. The highest BCUT2D eigenvalue weighted by atomic mass is 16.5. The van der Waals surface area contributed by atoms with E-state index in [1.807, 2.05) is 24.3 Å². The van der Waals surface area contributed by atoms with E-state index in [0.29, 0.717) is 5.56 Å². The number of H-pyrrole nitrogens is 1. The maximum Gasteiger partial charge on any atom is 0.339 e. The summed E-state index contributed by atoms with van der Waals surface area (Å²) in [4.78, 5) is 15.8. The molecule has 0 amide bonds. The second-order valence-electron chi connectivity index (χ2n) is 6.14. The summed E-state index contributed by atoms with van der Waals surface area (Å²) in [6.45, 7) is 4.27. The van der Waals surface area contributed by atoms with E-state index in [9.17, 15) is 4.79 Å². The number of carbonyl (C=O) groups is 1. The summed E-state index contributed by atoms with van der Waals surface area (Å²) in [5, 5.41) is 1.16. The van der Waals surface area contributed by atoms with Gasteiger partial charge in [-0.25, -0.2) is 4.79 Å². The Hall–Kier alpha value is -2.55. The molecule has 0 aliphatic carbocycles. The topological polar surface area (TPSA) is 42.1 Å². The van der Waals surface area contributed by atoms with Gasteiger partial charge in [-0.1, -0.05) is 49.7 Å². The first-order chi connectivity index (χ1) is 11.2. The summed E-state index contributed by atoms with van der Waals surface area (Å²) in [5.41, 5.74) is 6.30. The van der Waals surface area contributed by atoms with Crippen molar-refractivity contribution in [2.75, 3.05) is 0 Å². The summed E-state index contributed by atoms with van der Waals surface area (Å²) < 4.78 is 5.75. The molecule has 0 spiro atoms. The smallest absolute Gasteiger partial charge is 0.339 e. The van der Waals surface area contributed by atoms with Crippen molar-refractivity contribution in [3.8, 4) is 0 Å². The number of fused-ring (bicyclic) bond motifs is 2. The number of ether oxygens (including phenoxy) is 1. The van der Waals surface area contributed by atoms with E-state index in [1.54, 1.807) is 0 Å². The van der Waals surface area contributed by atoms with Gasteiger partial charge in [0.15, 0.2) is 6.10 Å². The van der Waals surface area contributed by atoms with Gasteiger partial charge in [0.25, 0.3) is 0 Å². The Labute approximate surface area is 135 Å². The number of cyclic esters (lactones) is 1. The van der Waals surface area contributed by atoms with E-state index in [-0.39, 0.29) is 12.1 Å². The van der Waals surface area contributed by atoms with Crippen molar-refractivity contribution in [1.29, 1.82) is 0 Å². The highest BCUT2D eigenvalue weighted by Gasteiger charge is 2.35. The van der Waals surface area contributed by atoms with Gasteiger partial charge in [0.05, 0.1) is 5.56 Å². The molecule has 116 valence electrons. The van der Waals surface area contributed by atoms with Crippen LogP contribution in [0.4, 0.5) is 0 Å². The van der Waals surface area contributed by atoms with E-state index in [1.165, 1.54) is 11.3 Å². The summed E-state index contributed by atoms with van der Waals surface area (Å²) in [5.74, 6) is -0.227. The molecule has 1 aromatic heterocycles. The average molecular weight is 305 g/mol. The van der Waals surface area contributed by atoms with Gasteiger partial charge < -0.3 is 9.72 Å². The predicted octanol–water partition coefficient (Wildman–Crippen LogP) is 4.69. The Morgan fingerprint density at radius 3 is 2.78 bits per heavy atom. The summed E-state index contributed by atoms with van der Waals surface area (Å²) in [7, 11) is 0. The molecule has 0 bridgehead atoms. The van der Waals surface area contributed by atoms with Crippen LogP contribution < -0.4 is 0 Å². The molecule has 3 aromatic rings. The first-order valence-electron chi connectivity index (χ1n) is 8.10. The zero-order chi connectivity index (χ0) is 16.0. The molecule has 3 heteroatoms. The van der Waals surface area contributed by atoms with Crippen molar-refractivity contribution in [2.24, 2.45) is 0 Å². The van der Waals surface area contributed by atoms with Crippen molar-refractivity contribution in [2.45, 2.75) is 32.8 Å². The second-order valence-corrected chi connectivity index (χ2v) is 6.14. The molecule has 3 nitrogen and oxygen atoms in total. The zero-order valence-electron chi connectivity index (χ0n) is 13.3. The number of esters is 1. The van der Waals surface area contributed by atoms with Crippen LogP contribution >= 0.6 is 0 Å². The lowest BCUT2D eigenvalue weighted by atomic mass is 9.95. The van der Waals surface area contributed by atoms with Gasteiger partial charge in [0.2, 0.25) is 0 Å². The van der Waals surface area contributed by atoms with Crippen LogP contribution in [0, 0.1) is 6.92 Å². The average Bonchev–Trinajstić information content (AvgIpc) is 3.07. The highest BCUT2D eigenvalue weighted by Crippen LogP contribution is 2.41. The molecular formula is C20H19NO2. The van der Waals surface area contributed by atoms with Gasteiger partial charge in [-0.05, 0) is 25.0 Å². The number of hydrogen-bond donors (Lipinski definition) is 1. The lowest BCUT2D eigenvalue weighted by Crippen LogP contribution is -2.03. The lowest BCUT2D eigenvalue weighted by molar-refractivity contribution is 0.0457. The summed E-state index contributed by atoms with van der Waals surface area (Å²) >= 11 is 0. The number of benzene rings is 2. The fourth-order valence-electron chi connectivity index (χ4n) is 3.55. The van der Waals surface area contributed by atoms with Crippen molar-refractivity contribution < 1.29 is 9.53 Å². The maximum atomic E-state index is 12.2. The number of aromatic nitrogens is 1. The zero-order valence-corrected chi connectivity index (χ0v) is 13.3. The molecule has 1 unspecified atom stereocenters. The van der Waals surface area contributed by atoms with Crippen LogP contribution in [0.2, 0.25) is 0 Å². The summed E-state index contributed by atoms with van der Waals surface area (Å²) in [6, 6.07) is 14.0. The lowest BCUT2D eigenvalue weighted by Gasteiger charge is -2.13. The van der Waals surface area contributed by atoms with Gasteiger partial charge in [-0.2, -0.15) is 0 Å². The van der Waals surface area contributed by atoms with Crippen LogP contribution in [0.5, 0.6) is 0 Å². The largest absolute Gasteiger partial charge is 0.449 e. The minimum Gasteiger partial charge on any atom is -0.449 e. The third-order valence-corrected chi connectivity index (χ3v) is 4.61. The summed E-state index contributed by atoms with van der Waals surface area (Å²) in [6.07, 6.45) is 1.68. The third kappa shape index (κ3) is 2.07. The minimum absolute atomic E-state index is 0.227. The Balaban J connectivity index is 1.97. The fourth-order valence-corrected chi connectivity index (χ4v) is 3.55. The number of aromatic amines is 1. The second kappa shape index (κ2) is 5.27. The van der Waals surface area contributed by atoms with Crippen molar-refractivity contribution in [1.82, 2.24) is 4.98 Å². The third-order valence-electron chi connectivity index (χ3n) is 4.61. The van der Waals surface area contributed by atoms with E-state index < -0.39 is 0 Å². The van der Waals surface area contributed by atoms with Gasteiger partial charge >= 0.3 is 5.97 Å². The van der Waals surface area contributed by atoms with Crippen LogP contribution in [0.3, 0.4) is 0 Å². The normalized spacial score (nSPS) is 16.6. The van der Waals surface area contributed by atoms with Gasteiger partial charge in [0.1, 0.15) is 0 Å². The van der Waals surface area contributed by atoms with E-state index in [0.717, 1.165) is 34.9 Å². The molecule has 1 aliphatic rings. The molecular weight excluding hydrogens is 286 g/mol. The van der Waals surface area contributed by atoms with Crippen LogP contribution in [0.25, 0.3) is 10.9 Å². The molecule has 1 aliphatic heterocycles. The molecule has 2 aromatic carbocycles. The molecule has 0 saturated heterocycles. The molecule has 0 saturated carbocycles. The van der Waals surface area contributed by atoms with Crippen LogP contribution in [-0.2, 0) is 11.2 Å². The first-order valence-corrected chi connectivity index (χ1v) is 8.10. The molecule has 23 heavy (non-hydrogen) atoms. The number of nitrogens with one attached hydrogen (secondary N) is 1. The van der Waals surface area contributed by atoms with Crippen LogP contribution in [0.1, 0.15) is 52.2 Å². The van der Waals surface area contributed by atoms with Gasteiger partial charge in [-0.3, -0.25) is 0 Å². The number of hydrogen-bond acceptors (Lipinski definition) is 2. The maximum absolute atomic E-state index is 12.2. The van der Waals surface area contributed by atoms with E-state index in [4.69, 9.17) is 4.74 Å². The van der Waals surface area contributed by atoms with E-state index >= 15 is 0 Å². The van der Waals surface area contributed by atoms with Crippen molar-refractivity contribution >= 4 is 16.9 Å². The fraction of sp³-hybridized carbons (Fsp3) is 0.250. The SMILES string of the molecule is CCCc1[nH]c2c(C)cccc2c1C1OC(=O)c2ccccc21. The number of para-hydroxylation sites is 1. The Bertz CT molecular complexity index is 907. The first kappa shape index (κ1) is 14.1. The molecule has 0 radical (unpaired) electrons. The Kier molecular flexibility index (Phi) is 3.22. The number of rotatable bonds is 3. The van der Waals surface area contributed by atoms with Gasteiger partial charge in [0, 0.05) is 27.7 Å².